The van der Waals surface area contributed by atoms with Gasteiger partial charge in [-0.25, -0.2) is 8.42 Å². The number of sulfonamides is 1. The minimum absolute atomic E-state index is 0.332. The van der Waals surface area contributed by atoms with Gasteiger partial charge in [0.1, 0.15) is 0 Å². The quantitative estimate of drug-likeness (QED) is 0.928. The number of hydrogen-bond acceptors (Lipinski definition) is 3. The van der Waals surface area contributed by atoms with Gasteiger partial charge in [-0.05, 0) is 49.9 Å². The van der Waals surface area contributed by atoms with E-state index in [1.165, 1.54) is 0 Å². The molecule has 2 unspecified atom stereocenters. The summed E-state index contributed by atoms with van der Waals surface area (Å²) in [5.74, 6) is 0.332. The zero-order valence-corrected chi connectivity index (χ0v) is 14.2. The summed E-state index contributed by atoms with van der Waals surface area (Å²) in [6, 6.07) is 6.04. The Labute approximate surface area is 128 Å². The number of benzene rings is 1. The minimum Gasteiger partial charge on any atom is -0.314 e. The van der Waals surface area contributed by atoms with Crippen molar-refractivity contribution >= 4 is 10.0 Å². The second kappa shape index (κ2) is 6.46. The standard InChI is InChI=1S/C16H26N2O2S/c1-5-17-15-8-9-18(11-14(15)4)21(19,20)16-10-12(2)6-7-13(16)3/h6-7,10,14-15,17H,5,8-9,11H2,1-4H3. The molecule has 1 saturated heterocycles. The second-order valence-corrected chi connectivity index (χ2v) is 7.97. The van der Waals surface area contributed by atoms with Crippen molar-refractivity contribution in [2.45, 2.75) is 45.1 Å². The van der Waals surface area contributed by atoms with Crippen LogP contribution in [0.5, 0.6) is 0 Å². The van der Waals surface area contributed by atoms with Gasteiger partial charge in [0.05, 0.1) is 4.90 Å². The van der Waals surface area contributed by atoms with E-state index in [0.717, 1.165) is 24.1 Å². The van der Waals surface area contributed by atoms with Crippen molar-refractivity contribution in [2.24, 2.45) is 5.92 Å². The fourth-order valence-corrected chi connectivity index (χ4v) is 4.88. The Balaban J connectivity index is 2.23. The third-order valence-electron chi connectivity index (χ3n) is 4.30. The number of nitrogens with one attached hydrogen (secondary N) is 1. The maximum Gasteiger partial charge on any atom is 0.243 e. The Morgan fingerprint density at radius 1 is 1.33 bits per heavy atom. The van der Waals surface area contributed by atoms with Gasteiger partial charge in [-0.1, -0.05) is 26.0 Å². The summed E-state index contributed by atoms with van der Waals surface area (Å²) >= 11 is 0. The van der Waals surface area contributed by atoms with Gasteiger partial charge in [-0.3, -0.25) is 0 Å². The van der Waals surface area contributed by atoms with E-state index in [2.05, 4.69) is 19.2 Å². The first kappa shape index (κ1) is 16.5. The van der Waals surface area contributed by atoms with Crippen LogP contribution in [-0.4, -0.2) is 38.4 Å². The van der Waals surface area contributed by atoms with E-state index in [0.29, 0.717) is 29.9 Å². The molecule has 0 bridgehead atoms. The summed E-state index contributed by atoms with van der Waals surface area (Å²) in [5.41, 5.74) is 1.80. The Bertz CT molecular complexity index is 598. The number of piperidine rings is 1. The van der Waals surface area contributed by atoms with E-state index in [1.807, 2.05) is 26.0 Å². The third-order valence-corrected chi connectivity index (χ3v) is 6.30. The highest BCUT2D eigenvalue weighted by molar-refractivity contribution is 7.89. The number of rotatable bonds is 4. The molecule has 0 radical (unpaired) electrons. The average molecular weight is 310 g/mol. The molecule has 1 aliphatic heterocycles. The van der Waals surface area contributed by atoms with Crippen LogP contribution in [0.3, 0.4) is 0 Å². The highest BCUT2D eigenvalue weighted by Crippen LogP contribution is 2.26. The zero-order valence-electron chi connectivity index (χ0n) is 13.4. The highest BCUT2D eigenvalue weighted by atomic mass is 32.2. The van der Waals surface area contributed by atoms with Crippen molar-refractivity contribution in [1.82, 2.24) is 9.62 Å². The first-order valence-electron chi connectivity index (χ1n) is 7.67. The molecule has 5 heteroatoms. The lowest BCUT2D eigenvalue weighted by Gasteiger charge is -2.36. The predicted molar refractivity (Wildman–Crippen MR) is 85.9 cm³/mol. The normalized spacial score (nSPS) is 24.2. The molecular weight excluding hydrogens is 284 g/mol. The number of hydrogen-bond donors (Lipinski definition) is 1. The maximum atomic E-state index is 12.9. The van der Waals surface area contributed by atoms with Crippen LogP contribution in [0.4, 0.5) is 0 Å². The van der Waals surface area contributed by atoms with Crippen molar-refractivity contribution in [1.29, 1.82) is 0 Å². The topological polar surface area (TPSA) is 49.4 Å². The molecule has 21 heavy (non-hydrogen) atoms. The third kappa shape index (κ3) is 3.47. The fraction of sp³-hybridized carbons (Fsp3) is 0.625. The summed E-state index contributed by atoms with van der Waals surface area (Å²) in [6.45, 7) is 10.1. The first-order valence-corrected chi connectivity index (χ1v) is 9.11. The van der Waals surface area contributed by atoms with Gasteiger partial charge in [0, 0.05) is 19.1 Å². The van der Waals surface area contributed by atoms with Crippen LogP contribution in [-0.2, 0) is 10.0 Å². The maximum absolute atomic E-state index is 12.9. The fourth-order valence-electron chi connectivity index (χ4n) is 3.02. The molecule has 1 aromatic carbocycles. The van der Waals surface area contributed by atoms with Gasteiger partial charge >= 0.3 is 0 Å². The van der Waals surface area contributed by atoms with Gasteiger partial charge < -0.3 is 5.32 Å². The SMILES string of the molecule is CCNC1CCN(S(=O)(=O)c2cc(C)ccc2C)CC1C. The van der Waals surface area contributed by atoms with Crippen LogP contribution in [0.25, 0.3) is 0 Å². The molecule has 0 amide bonds. The minimum atomic E-state index is -3.38. The van der Waals surface area contributed by atoms with Crippen LogP contribution < -0.4 is 5.32 Å². The summed E-state index contributed by atoms with van der Waals surface area (Å²) in [5, 5.41) is 3.44. The molecule has 0 spiro atoms. The molecule has 2 atom stereocenters. The second-order valence-electron chi connectivity index (χ2n) is 6.06. The van der Waals surface area contributed by atoms with Crippen molar-refractivity contribution in [3.8, 4) is 0 Å². The Hall–Kier alpha value is -0.910. The van der Waals surface area contributed by atoms with E-state index in [-0.39, 0.29) is 0 Å². The molecule has 0 aliphatic carbocycles. The van der Waals surface area contributed by atoms with Crippen LogP contribution >= 0.6 is 0 Å². The molecule has 0 aromatic heterocycles. The molecule has 1 heterocycles. The van der Waals surface area contributed by atoms with E-state index in [1.54, 1.807) is 10.4 Å². The largest absolute Gasteiger partial charge is 0.314 e. The summed E-state index contributed by atoms with van der Waals surface area (Å²) < 4.78 is 27.4. The molecule has 118 valence electrons. The predicted octanol–water partition coefficient (Wildman–Crippen LogP) is 2.31. The van der Waals surface area contributed by atoms with Gasteiger partial charge in [0.2, 0.25) is 10.0 Å². The lowest BCUT2D eigenvalue weighted by atomic mass is 9.95. The average Bonchev–Trinajstić information content (AvgIpc) is 2.43. The van der Waals surface area contributed by atoms with Crippen LogP contribution in [0, 0.1) is 19.8 Å². The highest BCUT2D eigenvalue weighted by Gasteiger charge is 2.33. The van der Waals surface area contributed by atoms with E-state index in [4.69, 9.17) is 0 Å². The molecule has 1 N–H and O–H groups in total. The van der Waals surface area contributed by atoms with E-state index < -0.39 is 10.0 Å². The first-order chi connectivity index (χ1) is 9.86. The molecule has 1 aliphatic rings. The van der Waals surface area contributed by atoms with Gasteiger partial charge in [-0.15, -0.1) is 0 Å². The van der Waals surface area contributed by atoms with Crippen molar-refractivity contribution in [3.05, 3.63) is 29.3 Å². The van der Waals surface area contributed by atoms with Gasteiger partial charge in [0.15, 0.2) is 0 Å². The van der Waals surface area contributed by atoms with Crippen molar-refractivity contribution < 1.29 is 8.42 Å². The van der Waals surface area contributed by atoms with Crippen LogP contribution in [0.2, 0.25) is 0 Å². The smallest absolute Gasteiger partial charge is 0.243 e. The monoisotopic (exact) mass is 310 g/mol. The molecule has 2 rings (SSSR count). The molecular formula is C16H26N2O2S. The van der Waals surface area contributed by atoms with Crippen LogP contribution in [0.1, 0.15) is 31.4 Å². The Morgan fingerprint density at radius 2 is 2.05 bits per heavy atom. The zero-order chi connectivity index (χ0) is 15.6. The molecule has 1 aromatic rings. The Morgan fingerprint density at radius 3 is 2.67 bits per heavy atom. The van der Waals surface area contributed by atoms with Crippen LogP contribution in [0.15, 0.2) is 23.1 Å². The number of nitrogens with zero attached hydrogens (tertiary/aromatic N) is 1. The summed E-state index contributed by atoms with van der Waals surface area (Å²) in [7, 11) is -3.38. The molecule has 0 saturated carbocycles. The van der Waals surface area contributed by atoms with E-state index in [9.17, 15) is 8.42 Å². The molecule has 4 nitrogen and oxygen atoms in total. The lowest BCUT2D eigenvalue weighted by molar-refractivity contribution is 0.222. The van der Waals surface area contributed by atoms with Gasteiger partial charge in [0.25, 0.3) is 0 Å². The van der Waals surface area contributed by atoms with Crippen molar-refractivity contribution in [2.75, 3.05) is 19.6 Å². The summed E-state index contributed by atoms with van der Waals surface area (Å²) in [4.78, 5) is 0.455. The molecule has 1 fully saturated rings. The lowest BCUT2D eigenvalue weighted by Crippen LogP contribution is -2.50. The van der Waals surface area contributed by atoms with E-state index >= 15 is 0 Å². The Kier molecular flexibility index (Phi) is 5.07. The summed E-state index contributed by atoms with van der Waals surface area (Å²) in [6.07, 6.45) is 0.874. The van der Waals surface area contributed by atoms with Crippen molar-refractivity contribution in [3.63, 3.8) is 0 Å². The van der Waals surface area contributed by atoms with Gasteiger partial charge in [-0.2, -0.15) is 4.31 Å². The number of aryl methyl sites for hydroxylation is 2.